The summed E-state index contributed by atoms with van der Waals surface area (Å²) in [6.45, 7) is 6.25. The number of nitrogens with one attached hydrogen (secondary N) is 9. The van der Waals surface area contributed by atoms with E-state index >= 15 is 0 Å². The second-order valence-electron chi connectivity index (χ2n) is 19.8. The van der Waals surface area contributed by atoms with Crippen LogP contribution in [0.3, 0.4) is 0 Å². The van der Waals surface area contributed by atoms with Crippen LogP contribution < -0.4 is 82.7 Å². The molecule has 0 radical (unpaired) electrons. The van der Waals surface area contributed by atoms with E-state index in [1.807, 2.05) is 0 Å². The quantitative estimate of drug-likeness (QED) is 0.0171. The highest BCUT2D eigenvalue weighted by Crippen LogP contribution is 2.20. The average Bonchev–Trinajstić information content (AvgIpc) is 3.79. The Bertz CT molecular complexity index is 2580. The Kier molecular flexibility index (Phi) is 28.5. The van der Waals surface area contributed by atoms with Crippen molar-refractivity contribution >= 4 is 87.9 Å². The lowest BCUT2D eigenvalue weighted by Gasteiger charge is -2.30. The lowest BCUT2D eigenvalue weighted by molar-refractivity contribution is -0.143. The van der Waals surface area contributed by atoms with Crippen LogP contribution in [-0.4, -0.2) is 177 Å². The summed E-state index contributed by atoms with van der Waals surface area (Å²) < 4.78 is 0. The zero-order valence-electron chi connectivity index (χ0n) is 45.9. The highest BCUT2D eigenvalue weighted by Gasteiger charge is 2.37. The predicted molar refractivity (Wildman–Crippen MR) is 294 cm³/mol. The minimum Gasteiger partial charge on any atom is -0.480 e. The molecular weight excluding hydrogens is 1060 g/mol. The van der Waals surface area contributed by atoms with E-state index in [0.29, 0.717) is 16.5 Å². The summed E-state index contributed by atoms with van der Waals surface area (Å²) in [6, 6.07) is -7.16. The van der Waals surface area contributed by atoms with Crippen LogP contribution in [0.4, 0.5) is 0 Å². The van der Waals surface area contributed by atoms with Gasteiger partial charge in [-0.2, -0.15) is 0 Å². The zero-order chi connectivity index (χ0) is 61.3. The second kappa shape index (κ2) is 33.7. The highest BCUT2D eigenvalue weighted by atomic mass is 16.4. The van der Waals surface area contributed by atoms with E-state index in [1.54, 1.807) is 44.3 Å². The zero-order valence-corrected chi connectivity index (χ0v) is 45.9. The molecule has 1 aromatic heterocycles. The summed E-state index contributed by atoms with van der Waals surface area (Å²) in [5, 5.41) is 50.6. The Morgan fingerprint density at radius 3 is 1.46 bits per heavy atom. The number of primary amides is 2. The number of aliphatic hydroxyl groups excluding tert-OH is 2. The lowest BCUT2D eigenvalue weighted by atomic mass is 10.00. The molecule has 2 aromatic rings. The highest BCUT2D eigenvalue weighted by molar-refractivity contribution is 5.99. The number of aliphatic carboxylic acids is 1. The topological polar surface area (TPSA) is 567 Å². The minimum absolute atomic E-state index is 0.0134. The van der Waals surface area contributed by atoms with Crippen LogP contribution in [0.25, 0.3) is 10.9 Å². The van der Waals surface area contributed by atoms with Gasteiger partial charge in [-0.25, -0.2) is 4.79 Å². The number of nitrogens with two attached hydrogens (primary N) is 7. The first-order valence-corrected chi connectivity index (χ1v) is 25.9. The fourth-order valence-electron chi connectivity index (χ4n) is 7.90. The monoisotopic (exact) mass is 1140 g/mol. The standard InChI is InChI=1S/C49H80N18O14/c1-22(2)36(45(78)67-38(24(5)69)46(79)62-30(13-9-17-58-49(55)56)41(74)66-37(23(3)4)47(80)81)65-42(75)31(14-15-34(51)70)61-43(76)32(18-25-20-59-28-11-7-6-10-26(25)28)63-40(73)29(12-8-16-57-48(53)54)60-44(77)33(21-68)64-39(72)27(50)19-35(52)71/h6-7,10-11,20,22-24,27,29-33,36-38,59,68-69H,8-9,12-19,21,50H2,1-5H3,(H2,51,70)(H2,52,71)(H,60,77)(H,61,76)(H,62,79)(H,63,73)(H,64,72)(H,65,75)(H,66,74)(H,67,78)(H,80,81)(H4,53,54,57)(H4,55,56,58)/t24-,27+,29+,30+,31+,32+,33+,36+,37+,38+/m1/s1. The Morgan fingerprint density at radius 2 is 0.975 bits per heavy atom. The number of amides is 10. The van der Waals surface area contributed by atoms with E-state index in [2.05, 4.69) is 57.5 Å². The second-order valence-corrected chi connectivity index (χ2v) is 19.8. The smallest absolute Gasteiger partial charge is 0.326 e. The molecule has 81 heavy (non-hydrogen) atoms. The molecule has 32 nitrogen and oxygen atoms in total. The van der Waals surface area contributed by atoms with Crippen molar-refractivity contribution in [3.05, 3.63) is 36.0 Å². The van der Waals surface area contributed by atoms with Crippen molar-refractivity contribution in [1.82, 2.24) is 47.5 Å². The number of carboxylic acids is 1. The summed E-state index contributed by atoms with van der Waals surface area (Å²) in [5.41, 5.74) is 39.2. The number of hydrogen-bond acceptors (Lipinski definition) is 16. The van der Waals surface area contributed by atoms with Gasteiger partial charge in [-0.1, -0.05) is 45.9 Å². The third-order valence-electron chi connectivity index (χ3n) is 12.3. The molecule has 0 aliphatic rings. The van der Waals surface area contributed by atoms with Crippen LogP contribution in [0, 0.1) is 11.8 Å². The van der Waals surface area contributed by atoms with Crippen molar-refractivity contribution in [3.8, 4) is 0 Å². The molecule has 0 unspecified atom stereocenters. The molecule has 0 fully saturated rings. The Labute approximate surface area is 466 Å². The molecule has 0 aliphatic carbocycles. The molecule has 450 valence electrons. The normalized spacial score (nSPS) is 14.8. The van der Waals surface area contributed by atoms with Gasteiger partial charge in [0.05, 0.1) is 25.2 Å². The fraction of sp³-hybridized carbons (Fsp3) is 0.571. The van der Waals surface area contributed by atoms with Crippen LogP contribution in [0.5, 0.6) is 0 Å². The van der Waals surface area contributed by atoms with Gasteiger partial charge in [-0.3, -0.25) is 57.9 Å². The first-order chi connectivity index (χ1) is 38.0. The Morgan fingerprint density at radius 1 is 0.543 bits per heavy atom. The van der Waals surface area contributed by atoms with Crippen LogP contribution in [0.2, 0.25) is 0 Å². The predicted octanol–water partition coefficient (Wildman–Crippen LogP) is -7.07. The summed E-state index contributed by atoms with van der Waals surface area (Å²) in [5.74, 6) is -13.3. The van der Waals surface area contributed by atoms with Crippen molar-refractivity contribution in [2.24, 2.45) is 62.0 Å². The molecule has 10 amide bonds. The van der Waals surface area contributed by atoms with Crippen LogP contribution in [0.1, 0.15) is 85.1 Å². The van der Waals surface area contributed by atoms with E-state index < -0.39 is 163 Å². The SMILES string of the molecule is CC(C)[C@H](NC(=O)[C@H](CCCN=C(N)N)NC(=O)[C@@H](NC(=O)[C@@H](NC(=O)[C@H](CCC(N)=O)NC(=O)[C@H](Cc1c[nH]c2ccccc12)NC(=O)[C@H](CCCN=C(N)N)NC(=O)[C@H](CO)NC(=O)[C@@H](N)CC(N)=O)C(C)C)[C@@H](C)O)C(=O)O. The van der Waals surface area contributed by atoms with Gasteiger partial charge in [-0.05, 0) is 62.5 Å². The van der Waals surface area contributed by atoms with Crippen molar-refractivity contribution in [2.45, 2.75) is 146 Å². The van der Waals surface area contributed by atoms with Crippen molar-refractivity contribution in [3.63, 3.8) is 0 Å². The number of aromatic nitrogens is 1. The number of aromatic amines is 1. The molecule has 2 rings (SSSR count). The Hall–Kier alpha value is -8.65. The molecule has 26 N–H and O–H groups in total. The van der Waals surface area contributed by atoms with Gasteiger partial charge in [-0.15, -0.1) is 0 Å². The summed E-state index contributed by atoms with van der Waals surface area (Å²) in [4.78, 5) is 157. The molecular formula is C49H80N18O14. The fourth-order valence-corrected chi connectivity index (χ4v) is 7.90. The van der Waals surface area contributed by atoms with E-state index in [9.17, 15) is 68.1 Å². The number of fused-ring (bicyclic) bond motifs is 1. The number of carboxylic acid groups (broad SMARTS) is 1. The van der Waals surface area contributed by atoms with E-state index in [-0.39, 0.29) is 57.1 Å². The Balaban J connectivity index is 2.55. The van der Waals surface area contributed by atoms with Crippen LogP contribution in [0.15, 0.2) is 40.4 Å². The third kappa shape index (κ3) is 23.7. The number of nitrogens with zero attached hydrogens (tertiary/aromatic N) is 2. The summed E-state index contributed by atoms with van der Waals surface area (Å²) >= 11 is 0. The number of benzene rings is 1. The minimum atomic E-state index is -1.79. The van der Waals surface area contributed by atoms with E-state index in [0.717, 1.165) is 6.92 Å². The number of aliphatic imine (C=N–C) groups is 2. The average molecular weight is 1150 g/mol. The molecule has 0 saturated carbocycles. The molecule has 0 bridgehead atoms. The number of aliphatic hydroxyl groups is 2. The van der Waals surface area contributed by atoms with E-state index in [4.69, 9.17) is 40.1 Å². The molecule has 0 saturated heterocycles. The molecule has 0 spiro atoms. The van der Waals surface area contributed by atoms with Crippen LogP contribution >= 0.6 is 0 Å². The van der Waals surface area contributed by atoms with Crippen molar-refractivity contribution < 1.29 is 68.1 Å². The van der Waals surface area contributed by atoms with Gasteiger partial charge in [0.1, 0.15) is 48.3 Å². The summed E-state index contributed by atoms with van der Waals surface area (Å²) in [6.07, 6.45) is -2.07. The lowest BCUT2D eigenvalue weighted by Crippen LogP contribution is -2.62. The van der Waals surface area contributed by atoms with Crippen molar-refractivity contribution in [1.29, 1.82) is 0 Å². The number of hydrogen-bond donors (Lipinski definition) is 19. The van der Waals surface area contributed by atoms with Crippen LogP contribution in [-0.2, 0) is 59.2 Å². The molecule has 10 atom stereocenters. The van der Waals surface area contributed by atoms with Gasteiger partial charge in [0.2, 0.25) is 59.1 Å². The first kappa shape index (κ1) is 68.5. The number of carbonyl (C=O) groups is 11. The van der Waals surface area contributed by atoms with Crippen molar-refractivity contribution in [2.75, 3.05) is 19.7 Å². The molecule has 1 heterocycles. The summed E-state index contributed by atoms with van der Waals surface area (Å²) in [7, 11) is 0. The molecule has 1 aromatic carbocycles. The molecule has 32 heteroatoms. The number of carbonyl (C=O) groups excluding carboxylic acids is 10. The van der Waals surface area contributed by atoms with Gasteiger partial charge in [0.15, 0.2) is 11.9 Å². The number of guanidine groups is 2. The number of rotatable bonds is 36. The maximum atomic E-state index is 14.6. The maximum Gasteiger partial charge on any atom is 0.326 e. The van der Waals surface area contributed by atoms with Gasteiger partial charge >= 0.3 is 5.97 Å². The number of para-hydroxylation sites is 1. The maximum absolute atomic E-state index is 14.6. The van der Waals surface area contributed by atoms with Gasteiger partial charge in [0.25, 0.3) is 0 Å². The van der Waals surface area contributed by atoms with E-state index in [1.165, 1.54) is 13.8 Å². The largest absolute Gasteiger partial charge is 0.480 e. The number of H-pyrrole nitrogens is 1. The van der Waals surface area contributed by atoms with Gasteiger partial charge < -0.3 is 103 Å². The first-order valence-electron chi connectivity index (χ1n) is 25.9. The third-order valence-corrected chi connectivity index (χ3v) is 12.3. The molecule has 0 aliphatic heterocycles. The van der Waals surface area contributed by atoms with Gasteiger partial charge in [0, 0.05) is 43.0 Å².